The number of carbonyl (C=O) groups is 2. The van der Waals surface area contributed by atoms with Gasteiger partial charge in [0.15, 0.2) is 0 Å². The molecular weight excluding hydrogens is 659 g/mol. The van der Waals surface area contributed by atoms with Gasteiger partial charge in [-0.3, -0.25) is 9.59 Å². The van der Waals surface area contributed by atoms with E-state index in [9.17, 15) is 14.7 Å². The Morgan fingerprint density at radius 1 is 0.415 bits per heavy atom. The molecule has 0 aromatic heterocycles. The summed E-state index contributed by atoms with van der Waals surface area (Å²) in [4.78, 5) is 27.8. The van der Waals surface area contributed by atoms with Gasteiger partial charge in [-0.1, -0.05) is 163 Å². The van der Waals surface area contributed by atoms with Gasteiger partial charge in [0.05, 0.1) is 13.2 Å². The van der Waals surface area contributed by atoms with Gasteiger partial charge in [0.2, 0.25) is 0 Å². The standard InChI is InChI=1S/C47H93NO5/c1-5-9-13-17-19-21-25-35-45(33-23-16-12-8-4)43-53-47(51)37-27-29-39-48(40-30-31-41-49)38-28-26-36-46(50)52-42-44(32-22-15-11-7-3)34-24-20-18-14-10-6-2/h44-45,49H,5-43H2,1-4H3. The maximum Gasteiger partial charge on any atom is 0.305 e. The lowest BCUT2D eigenvalue weighted by molar-refractivity contribution is -0.146. The number of rotatable bonds is 43. The highest BCUT2D eigenvalue weighted by molar-refractivity contribution is 5.69. The smallest absolute Gasteiger partial charge is 0.305 e. The van der Waals surface area contributed by atoms with Gasteiger partial charge >= 0.3 is 11.9 Å². The molecule has 1 N–H and O–H groups in total. The van der Waals surface area contributed by atoms with Crippen LogP contribution >= 0.6 is 0 Å². The van der Waals surface area contributed by atoms with E-state index in [1.165, 1.54) is 161 Å². The third-order valence-electron chi connectivity index (χ3n) is 11.2. The van der Waals surface area contributed by atoms with Gasteiger partial charge in [-0.2, -0.15) is 0 Å². The van der Waals surface area contributed by atoms with E-state index >= 15 is 0 Å². The molecule has 0 aliphatic heterocycles. The van der Waals surface area contributed by atoms with E-state index < -0.39 is 0 Å². The number of hydrogen-bond acceptors (Lipinski definition) is 6. The van der Waals surface area contributed by atoms with Gasteiger partial charge in [-0.15, -0.1) is 0 Å². The molecule has 0 saturated heterocycles. The number of unbranched alkanes of at least 4 members (excludes halogenated alkanes) is 20. The van der Waals surface area contributed by atoms with Crippen LogP contribution in [0.3, 0.4) is 0 Å². The largest absolute Gasteiger partial charge is 0.465 e. The summed E-state index contributed by atoms with van der Waals surface area (Å²) in [5.74, 6) is 0.937. The maximum atomic E-state index is 12.7. The van der Waals surface area contributed by atoms with Crippen LogP contribution in [0.15, 0.2) is 0 Å². The summed E-state index contributed by atoms with van der Waals surface area (Å²) in [6.07, 6.45) is 38.5. The number of aliphatic hydroxyl groups is 1. The van der Waals surface area contributed by atoms with Crippen LogP contribution in [-0.4, -0.2) is 61.4 Å². The summed E-state index contributed by atoms with van der Waals surface area (Å²) >= 11 is 0. The molecule has 0 aliphatic rings. The van der Waals surface area contributed by atoms with E-state index in [0.29, 0.717) is 37.9 Å². The molecule has 0 aromatic carbocycles. The molecule has 0 aromatic rings. The Kier molecular flexibility index (Phi) is 41.1. The van der Waals surface area contributed by atoms with Crippen molar-refractivity contribution in [2.24, 2.45) is 11.8 Å². The molecule has 0 aliphatic carbocycles. The average Bonchev–Trinajstić information content (AvgIpc) is 3.16. The first-order valence-corrected chi connectivity index (χ1v) is 23.6. The van der Waals surface area contributed by atoms with Gasteiger partial charge in [0.25, 0.3) is 0 Å². The number of carbonyl (C=O) groups excluding carboxylic acids is 2. The summed E-state index contributed by atoms with van der Waals surface area (Å²) in [6, 6.07) is 0. The van der Waals surface area contributed by atoms with Crippen LogP contribution < -0.4 is 0 Å². The molecule has 0 spiro atoms. The van der Waals surface area contributed by atoms with Crippen molar-refractivity contribution in [3.8, 4) is 0 Å². The molecule has 0 fully saturated rings. The molecule has 6 heteroatoms. The lowest BCUT2D eigenvalue weighted by atomic mass is 9.95. The Morgan fingerprint density at radius 3 is 1.06 bits per heavy atom. The number of hydrogen-bond donors (Lipinski definition) is 1. The summed E-state index contributed by atoms with van der Waals surface area (Å²) in [5.41, 5.74) is 0. The van der Waals surface area contributed by atoms with Crippen molar-refractivity contribution in [3.63, 3.8) is 0 Å². The molecule has 53 heavy (non-hydrogen) atoms. The first-order valence-electron chi connectivity index (χ1n) is 23.6. The van der Waals surface area contributed by atoms with E-state index in [-0.39, 0.29) is 18.5 Å². The van der Waals surface area contributed by atoms with Gasteiger partial charge < -0.3 is 19.5 Å². The highest BCUT2D eigenvalue weighted by Crippen LogP contribution is 2.21. The summed E-state index contributed by atoms with van der Waals surface area (Å²) < 4.78 is 11.7. The van der Waals surface area contributed by atoms with Gasteiger partial charge in [0, 0.05) is 19.4 Å². The second-order valence-corrected chi connectivity index (χ2v) is 16.4. The minimum absolute atomic E-state index is 0.0383. The van der Waals surface area contributed by atoms with Crippen molar-refractivity contribution in [2.45, 2.75) is 240 Å². The zero-order valence-electron chi connectivity index (χ0n) is 36.3. The minimum Gasteiger partial charge on any atom is -0.465 e. The number of nitrogens with zero attached hydrogens (tertiary/aromatic N) is 1. The van der Waals surface area contributed by atoms with Crippen molar-refractivity contribution in [3.05, 3.63) is 0 Å². The zero-order chi connectivity index (χ0) is 38.9. The molecule has 316 valence electrons. The van der Waals surface area contributed by atoms with Gasteiger partial charge in [0.1, 0.15) is 0 Å². The van der Waals surface area contributed by atoms with E-state index in [2.05, 4.69) is 32.6 Å². The molecule has 0 heterocycles. The Bertz CT molecular complexity index is 761. The first kappa shape index (κ1) is 51.9. The molecular formula is C47H93NO5. The van der Waals surface area contributed by atoms with Crippen LogP contribution in [0.2, 0.25) is 0 Å². The number of aliphatic hydroxyl groups excluding tert-OH is 1. The third kappa shape index (κ3) is 37.6. The fourth-order valence-electron chi connectivity index (χ4n) is 7.50. The molecule has 0 amide bonds. The van der Waals surface area contributed by atoms with Crippen LogP contribution in [0.4, 0.5) is 0 Å². The fraction of sp³-hybridized carbons (Fsp3) is 0.957. The number of esters is 2. The maximum absolute atomic E-state index is 12.7. The summed E-state index contributed by atoms with van der Waals surface area (Å²) in [6.45, 7) is 13.3. The molecule has 6 nitrogen and oxygen atoms in total. The Morgan fingerprint density at radius 2 is 0.717 bits per heavy atom. The molecule has 2 unspecified atom stereocenters. The second kappa shape index (κ2) is 42.0. The molecule has 0 saturated carbocycles. The van der Waals surface area contributed by atoms with Crippen molar-refractivity contribution in [2.75, 3.05) is 39.5 Å². The predicted octanol–water partition coefficient (Wildman–Crippen LogP) is 13.6. The van der Waals surface area contributed by atoms with Crippen LogP contribution in [0.1, 0.15) is 240 Å². The fourth-order valence-corrected chi connectivity index (χ4v) is 7.50. The Labute approximate surface area is 331 Å². The lowest BCUT2D eigenvalue weighted by Gasteiger charge is -2.22. The van der Waals surface area contributed by atoms with E-state index in [1.54, 1.807) is 0 Å². The highest BCUT2D eigenvalue weighted by Gasteiger charge is 2.15. The van der Waals surface area contributed by atoms with E-state index in [0.717, 1.165) is 58.2 Å². The average molecular weight is 752 g/mol. The van der Waals surface area contributed by atoms with E-state index in [1.807, 2.05) is 0 Å². The third-order valence-corrected chi connectivity index (χ3v) is 11.2. The van der Waals surface area contributed by atoms with Gasteiger partial charge in [-0.25, -0.2) is 0 Å². The normalized spacial score (nSPS) is 12.7. The lowest BCUT2D eigenvalue weighted by Crippen LogP contribution is -2.28. The van der Waals surface area contributed by atoms with Gasteiger partial charge in [-0.05, 0) is 95.7 Å². The monoisotopic (exact) mass is 752 g/mol. The second-order valence-electron chi connectivity index (χ2n) is 16.4. The molecule has 2 atom stereocenters. The van der Waals surface area contributed by atoms with Crippen molar-refractivity contribution in [1.29, 1.82) is 0 Å². The minimum atomic E-state index is -0.0394. The van der Waals surface area contributed by atoms with Crippen LogP contribution in [0.25, 0.3) is 0 Å². The summed E-state index contributed by atoms with van der Waals surface area (Å²) in [7, 11) is 0. The summed E-state index contributed by atoms with van der Waals surface area (Å²) in [5, 5.41) is 9.32. The molecule has 0 bridgehead atoms. The Hall–Kier alpha value is -1.14. The van der Waals surface area contributed by atoms with Crippen molar-refractivity contribution < 1.29 is 24.2 Å². The van der Waals surface area contributed by atoms with Crippen molar-refractivity contribution in [1.82, 2.24) is 4.90 Å². The SMILES string of the molecule is CCCCCCCCCC(CCCCCC)COC(=O)CCCCN(CCCCO)CCCCC(=O)OCC(CCCCCC)CCCCCCCC. The predicted molar refractivity (Wildman–Crippen MR) is 227 cm³/mol. The highest BCUT2D eigenvalue weighted by atomic mass is 16.5. The molecule has 0 radical (unpaired) electrons. The zero-order valence-corrected chi connectivity index (χ0v) is 36.3. The van der Waals surface area contributed by atoms with Crippen LogP contribution in [0.5, 0.6) is 0 Å². The van der Waals surface area contributed by atoms with E-state index in [4.69, 9.17) is 9.47 Å². The van der Waals surface area contributed by atoms with Crippen LogP contribution in [0, 0.1) is 11.8 Å². The topological polar surface area (TPSA) is 76.1 Å². The van der Waals surface area contributed by atoms with Crippen LogP contribution in [-0.2, 0) is 19.1 Å². The number of ether oxygens (including phenoxy) is 2. The first-order chi connectivity index (χ1) is 26.0. The molecule has 0 rings (SSSR count). The Balaban J connectivity index is 4.49. The quantitative estimate of drug-likeness (QED) is 0.0494. The van der Waals surface area contributed by atoms with Crippen molar-refractivity contribution >= 4 is 11.9 Å².